The molecule has 22 heavy (non-hydrogen) atoms. The van der Waals surface area contributed by atoms with Crippen LogP contribution in [0.3, 0.4) is 0 Å². The van der Waals surface area contributed by atoms with Crippen molar-refractivity contribution in [1.29, 1.82) is 0 Å². The summed E-state index contributed by atoms with van der Waals surface area (Å²) < 4.78 is 10.4. The Morgan fingerprint density at radius 2 is 1.68 bits per heavy atom. The lowest BCUT2D eigenvalue weighted by atomic mass is 10.0. The van der Waals surface area contributed by atoms with Crippen LogP contribution in [0.5, 0.6) is 11.5 Å². The molecule has 116 valence electrons. The molecule has 0 spiro atoms. The van der Waals surface area contributed by atoms with Crippen LogP contribution in [-0.2, 0) is 0 Å². The van der Waals surface area contributed by atoms with Crippen LogP contribution in [0.15, 0.2) is 42.5 Å². The van der Waals surface area contributed by atoms with Crippen molar-refractivity contribution < 1.29 is 14.3 Å². The Morgan fingerprint density at radius 3 is 2.32 bits per heavy atom. The van der Waals surface area contributed by atoms with Crippen LogP contribution in [0.2, 0.25) is 0 Å². The molecule has 0 aliphatic rings. The van der Waals surface area contributed by atoms with E-state index in [1.54, 1.807) is 32.4 Å². The number of para-hydroxylation sites is 1. The summed E-state index contributed by atoms with van der Waals surface area (Å²) in [4.78, 5) is 12.4. The number of methoxy groups -OCH3 is 2. The topological polar surface area (TPSA) is 47.6 Å². The van der Waals surface area contributed by atoms with Crippen molar-refractivity contribution >= 4 is 11.6 Å². The van der Waals surface area contributed by atoms with Gasteiger partial charge in [-0.05, 0) is 35.7 Å². The number of nitrogens with one attached hydrogen (secondary N) is 1. The monoisotopic (exact) mass is 299 g/mol. The summed E-state index contributed by atoms with van der Waals surface area (Å²) >= 11 is 0. The maximum Gasteiger partial charge on any atom is 0.255 e. The second-order valence-corrected chi connectivity index (χ2v) is 5.27. The molecular weight excluding hydrogens is 278 g/mol. The van der Waals surface area contributed by atoms with Crippen molar-refractivity contribution in [3.05, 3.63) is 53.6 Å². The van der Waals surface area contributed by atoms with Gasteiger partial charge in [-0.15, -0.1) is 0 Å². The third-order valence-corrected chi connectivity index (χ3v) is 3.48. The molecular formula is C18H21NO3. The van der Waals surface area contributed by atoms with Gasteiger partial charge in [0.2, 0.25) is 0 Å². The smallest absolute Gasteiger partial charge is 0.255 e. The van der Waals surface area contributed by atoms with Crippen LogP contribution in [-0.4, -0.2) is 20.1 Å². The van der Waals surface area contributed by atoms with Gasteiger partial charge in [0.05, 0.1) is 14.2 Å². The van der Waals surface area contributed by atoms with E-state index in [9.17, 15) is 4.79 Å². The number of carbonyl (C=O) groups is 1. The predicted octanol–water partition coefficient (Wildman–Crippen LogP) is 4.08. The molecule has 0 atom stereocenters. The fourth-order valence-electron chi connectivity index (χ4n) is 2.29. The zero-order chi connectivity index (χ0) is 16.1. The third kappa shape index (κ3) is 3.39. The van der Waals surface area contributed by atoms with Gasteiger partial charge in [0.15, 0.2) is 11.5 Å². The molecule has 2 aromatic carbocycles. The first kappa shape index (κ1) is 15.9. The first-order valence-electron chi connectivity index (χ1n) is 7.19. The van der Waals surface area contributed by atoms with Crippen LogP contribution in [0, 0.1) is 0 Å². The van der Waals surface area contributed by atoms with Crippen LogP contribution in [0.4, 0.5) is 5.69 Å². The van der Waals surface area contributed by atoms with E-state index in [0.717, 1.165) is 11.3 Å². The van der Waals surface area contributed by atoms with Gasteiger partial charge in [0.1, 0.15) is 0 Å². The highest BCUT2D eigenvalue weighted by Gasteiger charge is 2.13. The minimum Gasteiger partial charge on any atom is -0.493 e. The largest absolute Gasteiger partial charge is 0.493 e. The number of amides is 1. The molecule has 0 saturated heterocycles. The van der Waals surface area contributed by atoms with Crippen molar-refractivity contribution in [2.45, 2.75) is 19.8 Å². The van der Waals surface area contributed by atoms with Crippen LogP contribution in [0.1, 0.15) is 35.7 Å². The summed E-state index contributed by atoms with van der Waals surface area (Å²) in [7, 11) is 3.12. The highest BCUT2D eigenvalue weighted by atomic mass is 16.5. The van der Waals surface area contributed by atoms with Crippen molar-refractivity contribution in [1.82, 2.24) is 0 Å². The molecule has 0 heterocycles. The van der Waals surface area contributed by atoms with Crippen molar-refractivity contribution in [3.8, 4) is 11.5 Å². The average molecular weight is 299 g/mol. The van der Waals surface area contributed by atoms with E-state index >= 15 is 0 Å². The Labute approximate surface area is 131 Å². The summed E-state index contributed by atoms with van der Waals surface area (Å²) in [5.74, 6) is 1.30. The maximum atomic E-state index is 12.4. The molecule has 2 rings (SSSR count). The summed E-state index contributed by atoms with van der Waals surface area (Å²) in [6, 6.07) is 12.9. The lowest BCUT2D eigenvalue weighted by molar-refractivity contribution is 0.102. The predicted molar refractivity (Wildman–Crippen MR) is 88.0 cm³/mol. The zero-order valence-electron chi connectivity index (χ0n) is 13.3. The number of benzene rings is 2. The van der Waals surface area contributed by atoms with Gasteiger partial charge in [-0.2, -0.15) is 0 Å². The molecule has 0 bridgehead atoms. The zero-order valence-corrected chi connectivity index (χ0v) is 13.3. The SMILES string of the molecule is COc1ccc(C(=O)Nc2ccccc2C(C)C)cc1OC. The molecule has 1 amide bonds. The molecule has 2 aromatic rings. The van der Waals surface area contributed by atoms with E-state index in [2.05, 4.69) is 19.2 Å². The van der Waals surface area contributed by atoms with Crippen LogP contribution in [0.25, 0.3) is 0 Å². The standard InChI is InChI=1S/C18H21NO3/c1-12(2)14-7-5-6-8-15(14)19-18(20)13-9-10-16(21-3)17(11-13)22-4/h5-12H,1-4H3,(H,19,20). The minimum absolute atomic E-state index is 0.172. The summed E-state index contributed by atoms with van der Waals surface area (Å²) in [6.45, 7) is 4.20. The molecule has 0 saturated carbocycles. The molecule has 4 nitrogen and oxygen atoms in total. The van der Waals surface area contributed by atoms with E-state index in [1.807, 2.05) is 24.3 Å². The number of hydrogen-bond donors (Lipinski definition) is 1. The van der Waals surface area contributed by atoms with Crippen LogP contribution >= 0.6 is 0 Å². The third-order valence-electron chi connectivity index (χ3n) is 3.48. The Hall–Kier alpha value is -2.49. The average Bonchev–Trinajstić information content (AvgIpc) is 2.54. The molecule has 0 aliphatic carbocycles. The summed E-state index contributed by atoms with van der Waals surface area (Å²) in [5, 5.41) is 2.96. The van der Waals surface area contributed by atoms with E-state index in [-0.39, 0.29) is 5.91 Å². The Kier molecular flexibility index (Phi) is 5.04. The highest BCUT2D eigenvalue weighted by molar-refractivity contribution is 6.05. The van der Waals surface area contributed by atoms with Gasteiger partial charge in [-0.3, -0.25) is 4.79 Å². The number of anilines is 1. The molecule has 4 heteroatoms. The van der Waals surface area contributed by atoms with Gasteiger partial charge >= 0.3 is 0 Å². The second kappa shape index (κ2) is 6.98. The van der Waals surface area contributed by atoms with E-state index in [1.165, 1.54) is 0 Å². The highest BCUT2D eigenvalue weighted by Crippen LogP contribution is 2.29. The molecule has 0 unspecified atom stereocenters. The van der Waals surface area contributed by atoms with E-state index < -0.39 is 0 Å². The maximum absolute atomic E-state index is 12.4. The number of hydrogen-bond acceptors (Lipinski definition) is 3. The number of rotatable bonds is 5. The Balaban J connectivity index is 2.26. The fourth-order valence-corrected chi connectivity index (χ4v) is 2.29. The lowest BCUT2D eigenvalue weighted by Crippen LogP contribution is -2.13. The first-order chi connectivity index (χ1) is 10.6. The van der Waals surface area contributed by atoms with Crippen molar-refractivity contribution in [3.63, 3.8) is 0 Å². The first-order valence-corrected chi connectivity index (χ1v) is 7.19. The quantitative estimate of drug-likeness (QED) is 0.905. The molecule has 0 fully saturated rings. The minimum atomic E-state index is -0.172. The molecule has 0 aliphatic heterocycles. The van der Waals surface area contributed by atoms with Gasteiger partial charge in [0.25, 0.3) is 5.91 Å². The van der Waals surface area contributed by atoms with E-state index in [0.29, 0.717) is 23.0 Å². The lowest BCUT2D eigenvalue weighted by Gasteiger charge is -2.14. The number of carbonyl (C=O) groups excluding carboxylic acids is 1. The molecule has 0 aromatic heterocycles. The second-order valence-electron chi connectivity index (χ2n) is 5.27. The van der Waals surface area contributed by atoms with Gasteiger partial charge in [0, 0.05) is 11.3 Å². The van der Waals surface area contributed by atoms with Crippen molar-refractivity contribution in [2.24, 2.45) is 0 Å². The molecule has 0 radical (unpaired) electrons. The van der Waals surface area contributed by atoms with E-state index in [4.69, 9.17) is 9.47 Å². The normalized spacial score (nSPS) is 10.4. The van der Waals surface area contributed by atoms with Gasteiger partial charge in [-0.25, -0.2) is 0 Å². The number of ether oxygens (including phenoxy) is 2. The van der Waals surface area contributed by atoms with Crippen LogP contribution < -0.4 is 14.8 Å². The Bertz CT molecular complexity index is 665. The Morgan fingerprint density at radius 1 is 1.00 bits per heavy atom. The molecule has 1 N–H and O–H groups in total. The van der Waals surface area contributed by atoms with Crippen molar-refractivity contribution in [2.75, 3.05) is 19.5 Å². The fraction of sp³-hybridized carbons (Fsp3) is 0.278. The van der Waals surface area contributed by atoms with Gasteiger partial charge < -0.3 is 14.8 Å². The van der Waals surface area contributed by atoms with Gasteiger partial charge in [-0.1, -0.05) is 32.0 Å². The summed E-state index contributed by atoms with van der Waals surface area (Å²) in [5.41, 5.74) is 2.46. The summed E-state index contributed by atoms with van der Waals surface area (Å²) in [6.07, 6.45) is 0.